The molecule has 2 aliphatic rings. The number of hydrogen-bond acceptors (Lipinski definition) is 6. The summed E-state index contributed by atoms with van der Waals surface area (Å²) >= 11 is 6.10. The maximum Gasteiger partial charge on any atom is 0.211 e. The van der Waals surface area contributed by atoms with Crippen LogP contribution in [0.5, 0.6) is 11.5 Å². The van der Waals surface area contributed by atoms with Crippen molar-refractivity contribution in [2.24, 2.45) is 0 Å². The number of nitrogens with zero attached hydrogens (tertiary/aromatic N) is 4. The molecule has 2 aromatic carbocycles. The summed E-state index contributed by atoms with van der Waals surface area (Å²) < 4.78 is 8.16. The average Bonchev–Trinajstić information content (AvgIpc) is 3.44. The van der Waals surface area contributed by atoms with Crippen molar-refractivity contribution in [2.45, 2.75) is 32.4 Å². The standard InChI is InChI=1S/C23H24ClN5O3/c24-15-4-6-20(31)18(12-15)23-27-26-22-13-28(8-9-29(22)23)10-11-32-21-7-5-19(25-14-30)16-2-1-3-17(16)21/h4-7,12,14,31H,1-3,8-11,13H2,(H,25,30). The third kappa shape index (κ3) is 3.91. The monoisotopic (exact) mass is 453 g/mol. The van der Waals surface area contributed by atoms with Crippen LogP contribution in [-0.2, 0) is 30.7 Å². The molecule has 32 heavy (non-hydrogen) atoms. The molecule has 8 nitrogen and oxygen atoms in total. The number of benzene rings is 2. The molecule has 2 N–H and O–H groups in total. The summed E-state index contributed by atoms with van der Waals surface area (Å²) in [5.41, 5.74) is 3.88. The van der Waals surface area contributed by atoms with Gasteiger partial charge in [0.25, 0.3) is 0 Å². The lowest BCUT2D eigenvalue weighted by atomic mass is 10.1. The number of carbonyl (C=O) groups is 1. The first-order valence-corrected chi connectivity index (χ1v) is 11.1. The first kappa shape index (κ1) is 20.8. The van der Waals surface area contributed by atoms with Crippen molar-refractivity contribution in [2.75, 3.05) is 25.0 Å². The second kappa shape index (κ2) is 8.80. The van der Waals surface area contributed by atoms with Gasteiger partial charge in [0, 0.05) is 30.3 Å². The number of phenolic OH excluding ortho intramolecular Hbond substituents is 1. The summed E-state index contributed by atoms with van der Waals surface area (Å²) in [6.07, 6.45) is 3.75. The Balaban J connectivity index is 1.23. The van der Waals surface area contributed by atoms with Crippen molar-refractivity contribution in [3.8, 4) is 22.9 Å². The van der Waals surface area contributed by atoms with Gasteiger partial charge in [0.2, 0.25) is 6.41 Å². The molecule has 1 aliphatic heterocycles. The summed E-state index contributed by atoms with van der Waals surface area (Å²) in [7, 11) is 0. The van der Waals surface area contributed by atoms with Gasteiger partial charge in [-0.1, -0.05) is 11.6 Å². The fourth-order valence-electron chi connectivity index (χ4n) is 4.58. The lowest BCUT2D eigenvalue weighted by Crippen LogP contribution is -2.36. The van der Waals surface area contributed by atoms with E-state index in [0.29, 0.717) is 29.6 Å². The number of anilines is 1. The molecule has 0 saturated carbocycles. The summed E-state index contributed by atoms with van der Waals surface area (Å²) in [6.45, 7) is 3.57. The normalized spacial score (nSPS) is 15.3. The molecule has 0 bridgehead atoms. The minimum absolute atomic E-state index is 0.141. The zero-order valence-electron chi connectivity index (χ0n) is 17.6. The number of ether oxygens (including phenoxy) is 1. The number of nitrogens with one attached hydrogen (secondary N) is 1. The minimum atomic E-state index is 0.141. The molecule has 0 atom stereocenters. The minimum Gasteiger partial charge on any atom is -0.507 e. The van der Waals surface area contributed by atoms with Crippen molar-refractivity contribution in [1.82, 2.24) is 19.7 Å². The molecule has 1 amide bonds. The number of aromatic hydroxyl groups is 1. The Bertz CT molecular complexity index is 1160. The Morgan fingerprint density at radius 1 is 1.16 bits per heavy atom. The first-order valence-electron chi connectivity index (χ1n) is 10.7. The molecule has 1 aliphatic carbocycles. The van der Waals surface area contributed by atoms with Crippen LogP contribution >= 0.6 is 11.6 Å². The van der Waals surface area contributed by atoms with Gasteiger partial charge >= 0.3 is 0 Å². The SMILES string of the molecule is O=CNc1ccc(OCCN2CCn3c(nnc3-c3cc(Cl)ccc3O)C2)c2c1CCC2. The van der Waals surface area contributed by atoms with E-state index in [1.165, 1.54) is 11.1 Å². The summed E-state index contributed by atoms with van der Waals surface area (Å²) in [6, 6.07) is 8.81. The molecule has 9 heteroatoms. The van der Waals surface area contributed by atoms with Gasteiger partial charge in [-0.15, -0.1) is 10.2 Å². The number of phenols is 1. The maximum absolute atomic E-state index is 10.8. The van der Waals surface area contributed by atoms with Crippen LogP contribution < -0.4 is 10.1 Å². The first-order chi connectivity index (χ1) is 15.6. The van der Waals surface area contributed by atoms with E-state index in [9.17, 15) is 9.90 Å². The van der Waals surface area contributed by atoms with Crippen molar-refractivity contribution in [3.05, 3.63) is 52.3 Å². The Morgan fingerprint density at radius 3 is 2.91 bits per heavy atom. The lowest BCUT2D eigenvalue weighted by molar-refractivity contribution is -0.105. The van der Waals surface area contributed by atoms with Crippen LogP contribution in [0.3, 0.4) is 0 Å². The molecule has 5 rings (SSSR count). The van der Waals surface area contributed by atoms with Gasteiger partial charge < -0.3 is 19.7 Å². The molecule has 0 spiro atoms. The van der Waals surface area contributed by atoms with Gasteiger partial charge in [-0.3, -0.25) is 9.69 Å². The number of fused-ring (bicyclic) bond motifs is 2. The van der Waals surface area contributed by atoms with Gasteiger partial charge in [-0.2, -0.15) is 0 Å². The van der Waals surface area contributed by atoms with E-state index in [0.717, 1.165) is 62.6 Å². The molecular formula is C23H24ClN5O3. The molecule has 1 aromatic heterocycles. The molecule has 0 unspecified atom stereocenters. The van der Waals surface area contributed by atoms with Crippen LogP contribution in [0, 0.1) is 0 Å². The van der Waals surface area contributed by atoms with E-state index < -0.39 is 0 Å². The zero-order valence-corrected chi connectivity index (χ0v) is 18.3. The predicted octanol–water partition coefficient (Wildman–Crippen LogP) is 3.26. The van der Waals surface area contributed by atoms with Gasteiger partial charge in [-0.25, -0.2) is 0 Å². The zero-order chi connectivity index (χ0) is 22.1. The van der Waals surface area contributed by atoms with Crippen LogP contribution in [0.1, 0.15) is 23.4 Å². The molecular weight excluding hydrogens is 430 g/mol. The van der Waals surface area contributed by atoms with Gasteiger partial charge in [0.05, 0.1) is 12.1 Å². The van der Waals surface area contributed by atoms with Crippen molar-refractivity contribution < 1.29 is 14.6 Å². The molecule has 166 valence electrons. The van der Waals surface area contributed by atoms with Crippen molar-refractivity contribution >= 4 is 23.7 Å². The van der Waals surface area contributed by atoms with Crippen LogP contribution in [-0.4, -0.2) is 50.9 Å². The molecule has 0 saturated heterocycles. The van der Waals surface area contributed by atoms with E-state index in [1.54, 1.807) is 18.2 Å². The third-order valence-electron chi connectivity index (χ3n) is 6.15. The second-order valence-corrected chi connectivity index (χ2v) is 8.50. The average molecular weight is 454 g/mol. The van der Waals surface area contributed by atoms with Gasteiger partial charge in [0.1, 0.15) is 23.9 Å². The van der Waals surface area contributed by atoms with E-state index in [4.69, 9.17) is 16.3 Å². The fraction of sp³-hybridized carbons (Fsp3) is 0.348. The highest BCUT2D eigenvalue weighted by Crippen LogP contribution is 2.36. The molecule has 0 fully saturated rings. The molecule has 2 heterocycles. The van der Waals surface area contributed by atoms with Crippen molar-refractivity contribution in [3.63, 3.8) is 0 Å². The summed E-state index contributed by atoms with van der Waals surface area (Å²) in [5.74, 6) is 2.54. The van der Waals surface area contributed by atoms with Crippen molar-refractivity contribution in [1.29, 1.82) is 0 Å². The Hall–Kier alpha value is -3.10. The number of hydrogen-bond donors (Lipinski definition) is 2. The van der Waals surface area contributed by atoms with Crippen LogP contribution in [0.4, 0.5) is 5.69 Å². The second-order valence-electron chi connectivity index (χ2n) is 8.06. The predicted molar refractivity (Wildman–Crippen MR) is 121 cm³/mol. The number of halogens is 1. The lowest BCUT2D eigenvalue weighted by Gasteiger charge is -2.27. The van der Waals surface area contributed by atoms with E-state index in [-0.39, 0.29) is 5.75 Å². The third-order valence-corrected chi connectivity index (χ3v) is 6.39. The number of carbonyl (C=O) groups excluding carboxylic acids is 1. The summed E-state index contributed by atoms with van der Waals surface area (Å²) in [5, 5.41) is 22.2. The molecule has 0 radical (unpaired) electrons. The number of aromatic nitrogens is 3. The summed E-state index contributed by atoms with van der Waals surface area (Å²) in [4.78, 5) is 13.1. The fourth-order valence-corrected chi connectivity index (χ4v) is 4.75. The van der Waals surface area contributed by atoms with E-state index in [1.807, 2.05) is 16.7 Å². The van der Waals surface area contributed by atoms with Gasteiger partial charge in [-0.05, 0) is 60.7 Å². The van der Waals surface area contributed by atoms with Crippen LogP contribution in [0.2, 0.25) is 5.02 Å². The van der Waals surface area contributed by atoms with E-state index >= 15 is 0 Å². The highest BCUT2D eigenvalue weighted by Gasteiger charge is 2.24. The highest BCUT2D eigenvalue weighted by molar-refractivity contribution is 6.30. The smallest absolute Gasteiger partial charge is 0.211 e. The Labute approximate surface area is 190 Å². The number of rotatable bonds is 7. The quantitative estimate of drug-likeness (QED) is 0.533. The highest BCUT2D eigenvalue weighted by atomic mass is 35.5. The topological polar surface area (TPSA) is 92.5 Å². The van der Waals surface area contributed by atoms with Crippen LogP contribution in [0.25, 0.3) is 11.4 Å². The van der Waals surface area contributed by atoms with Gasteiger partial charge in [0.15, 0.2) is 5.82 Å². The largest absolute Gasteiger partial charge is 0.507 e. The Kier molecular flexibility index (Phi) is 5.71. The Morgan fingerprint density at radius 2 is 2.03 bits per heavy atom. The maximum atomic E-state index is 10.8. The van der Waals surface area contributed by atoms with E-state index in [2.05, 4.69) is 20.4 Å². The molecule has 3 aromatic rings. The van der Waals surface area contributed by atoms with Crippen LogP contribution in [0.15, 0.2) is 30.3 Å². The number of amides is 1.